The van der Waals surface area contributed by atoms with Gasteiger partial charge < -0.3 is 9.88 Å². The molecule has 1 aliphatic heterocycles. The van der Waals surface area contributed by atoms with Gasteiger partial charge in [0.25, 0.3) is 0 Å². The van der Waals surface area contributed by atoms with Gasteiger partial charge in [0.15, 0.2) is 0 Å². The Hall–Kier alpha value is -1.06. The van der Waals surface area contributed by atoms with Crippen LogP contribution < -0.4 is 5.32 Å². The van der Waals surface area contributed by atoms with E-state index in [-0.39, 0.29) is 0 Å². The normalized spacial score (nSPS) is 20.8. The lowest BCUT2D eigenvalue weighted by Gasteiger charge is -2.08. The third kappa shape index (κ3) is 1.43. The number of aryl methyl sites for hydroxylation is 1. The van der Waals surface area contributed by atoms with Crippen LogP contribution in [0.15, 0.2) is 18.2 Å². The number of aromatic nitrogens is 2. The van der Waals surface area contributed by atoms with Crippen LogP contribution in [0.3, 0.4) is 0 Å². The summed E-state index contributed by atoms with van der Waals surface area (Å²) in [6.07, 6.45) is 1.16. The first kappa shape index (κ1) is 10.1. The topological polar surface area (TPSA) is 29.9 Å². The minimum atomic E-state index is 0.522. The number of imidazole rings is 1. The highest BCUT2D eigenvalue weighted by Gasteiger charge is 2.22. The first-order valence-corrected chi connectivity index (χ1v) is 5.96. The molecule has 0 spiro atoms. The summed E-state index contributed by atoms with van der Waals surface area (Å²) in [5.74, 6) is 1.67. The first-order valence-electron chi connectivity index (χ1n) is 5.59. The van der Waals surface area contributed by atoms with Crippen LogP contribution in [0, 0.1) is 0 Å². The van der Waals surface area contributed by atoms with Gasteiger partial charge in [-0.05, 0) is 25.1 Å². The molecule has 1 atom stereocenters. The van der Waals surface area contributed by atoms with E-state index in [2.05, 4.69) is 16.9 Å². The Morgan fingerprint density at radius 3 is 3.06 bits per heavy atom. The Balaban J connectivity index is 2.19. The van der Waals surface area contributed by atoms with Crippen molar-refractivity contribution >= 4 is 22.6 Å². The smallest absolute Gasteiger partial charge is 0.114 e. The predicted octanol–water partition coefficient (Wildman–Crippen LogP) is 2.30. The molecule has 0 saturated carbocycles. The molecular weight excluding hydrogens is 222 g/mol. The Kier molecular flexibility index (Phi) is 2.37. The van der Waals surface area contributed by atoms with Crippen molar-refractivity contribution in [2.24, 2.45) is 7.05 Å². The molecule has 0 amide bonds. The van der Waals surface area contributed by atoms with Gasteiger partial charge >= 0.3 is 0 Å². The van der Waals surface area contributed by atoms with Crippen molar-refractivity contribution in [1.82, 2.24) is 14.9 Å². The van der Waals surface area contributed by atoms with Gasteiger partial charge in [0.1, 0.15) is 5.82 Å². The zero-order valence-corrected chi connectivity index (χ0v) is 9.96. The molecule has 3 rings (SSSR count). The van der Waals surface area contributed by atoms with Crippen LogP contribution in [-0.4, -0.2) is 22.6 Å². The average Bonchev–Trinajstić information content (AvgIpc) is 2.86. The average molecular weight is 236 g/mol. The molecule has 0 bridgehead atoms. The van der Waals surface area contributed by atoms with Gasteiger partial charge in [-0.2, -0.15) is 0 Å². The van der Waals surface area contributed by atoms with Crippen LogP contribution in [-0.2, 0) is 7.05 Å². The zero-order chi connectivity index (χ0) is 11.1. The lowest BCUT2D eigenvalue weighted by molar-refractivity contribution is 0.667. The monoisotopic (exact) mass is 235 g/mol. The van der Waals surface area contributed by atoms with Crippen molar-refractivity contribution in [3.05, 3.63) is 29.0 Å². The number of halogens is 1. The molecule has 1 saturated heterocycles. The molecule has 2 heterocycles. The Labute approximate surface area is 99.4 Å². The molecular formula is C12H14ClN3. The summed E-state index contributed by atoms with van der Waals surface area (Å²) in [7, 11) is 2.05. The Bertz CT molecular complexity index is 526. The van der Waals surface area contributed by atoms with Crippen molar-refractivity contribution in [1.29, 1.82) is 0 Å². The second-order valence-electron chi connectivity index (χ2n) is 4.33. The SMILES string of the molecule is Cn1c(C2CCNC2)nc2cccc(Cl)c21. The largest absolute Gasteiger partial charge is 0.330 e. The van der Waals surface area contributed by atoms with Gasteiger partial charge in [0.2, 0.25) is 0 Å². The maximum Gasteiger partial charge on any atom is 0.114 e. The second kappa shape index (κ2) is 3.75. The fraction of sp³-hybridized carbons (Fsp3) is 0.417. The molecule has 1 fully saturated rings. The number of nitrogens with one attached hydrogen (secondary N) is 1. The summed E-state index contributed by atoms with van der Waals surface area (Å²) in [5, 5.41) is 4.15. The van der Waals surface area contributed by atoms with Crippen molar-refractivity contribution < 1.29 is 0 Å². The molecule has 1 aliphatic rings. The molecule has 1 unspecified atom stereocenters. The number of hydrogen-bond donors (Lipinski definition) is 1. The molecule has 84 valence electrons. The van der Waals surface area contributed by atoms with E-state index in [1.807, 2.05) is 18.2 Å². The van der Waals surface area contributed by atoms with Gasteiger partial charge in [-0.1, -0.05) is 17.7 Å². The van der Waals surface area contributed by atoms with Crippen LogP contribution in [0.5, 0.6) is 0 Å². The van der Waals surface area contributed by atoms with E-state index in [0.29, 0.717) is 5.92 Å². The minimum Gasteiger partial charge on any atom is -0.330 e. The van der Waals surface area contributed by atoms with Crippen molar-refractivity contribution in [2.75, 3.05) is 13.1 Å². The van der Waals surface area contributed by atoms with Crippen molar-refractivity contribution in [3.63, 3.8) is 0 Å². The van der Waals surface area contributed by atoms with Crippen molar-refractivity contribution in [2.45, 2.75) is 12.3 Å². The third-order valence-electron chi connectivity index (χ3n) is 3.31. The number of fused-ring (bicyclic) bond motifs is 1. The highest BCUT2D eigenvalue weighted by Crippen LogP contribution is 2.28. The van der Waals surface area contributed by atoms with Gasteiger partial charge in [-0.25, -0.2) is 4.98 Å². The van der Waals surface area contributed by atoms with Crippen LogP contribution >= 0.6 is 11.6 Å². The predicted molar refractivity (Wildman–Crippen MR) is 66.0 cm³/mol. The highest BCUT2D eigenvalue weighted by atomic mass is 35.5. The number of hydrogen-bond acceptors (Lipinski definition) is 2. The molecule has 1 aromatic heterocycles. The third-order valence-corrected chi connectivity index (χ3v) is 3.61. The lowest BCUT2D eigenvalue weighted by Crippen LogP contribution is -2.11. The molecule has 0 radical (unpaired) electrons. The second-order valence-corrected chi connectivity index (χ2v) is 4.73. The number of rotatable bonds is 1. The van der Waals surface area contributed by atoms with E-state index in [1.165, 1.54) is 0 Å². The summed E-state index contributed by atoms with van der Waals surface area (Å²) < 4.78 is 2.13. The van der Waals surface area contributed by atoms with Crippen LogP contribution in [0.1, 0.15) is 18.2 Å². The molecule has 1 N–H and O–H groups in total. The fourth-order valence-electron chi connectivity index (χ4n) is 2.48. The quantitative estimate of drug-likeness (QED) is 0.822. The van der Waals surface area contributed by atoms with Crippen LogP contribution in [0.25, 0.3) is 11.0 Å². The molecule has 1 aromatic carbocycles. The summed E-state index contributed by atoms with van der Waals surface area (Å²) >= 11 is 6.21. The lowest BCUT2D eigenvalue weighted by atomic mass is 10.1. The summed E-state index contributed by atoms with van der Waals surface area (Å²) in [4.78, 5) is 4.69. The first-order chi connectivity index (χ1) is 7.77. The molecule has 16 heavy (non-hydrogen) atoms. The van der Waals surface area contributed by atoms with E-state index in [1.54, 1.807) is 0 Å². The molecule has 0 aliphatic carbocycles. The standard InChI is InChI=1S/C12H14ClN3/c1-16-11-9(13)3-2-4-10(11)15-12(16)8-5-6-14-7-8/h2-4,8,14H,5-7H2,1H3. The minimum absolute atomic E-state index is 0.522. The molecule has 4 heteroatoms. The molecule has 2 aromatic rings. The van der Waals surface area contributed by atoms with E-state index in [4.69, 9.17) is 16.6 Å². The van der Waals surface area contributed by atoms with E-state index in [0.717, 1.165) is 41.4 Å². The Morgan fingerprint density at radius 2 is 2.38 bits per heavy atom. The number of nitrogens with zero attached hydrogens (tertiary/aromatic N) is 2. The maximum absolute atomic E-state index is 6.21. The van der Waals surface area contributed by atoms with Gasteiger partial charge in [-0.3, -0.25) is 0 Å². The fourth-order valence-corrected chi connectivity index (χ4v) is 2.78. The number of benzene rings is 1. The summed E-state index contributed by atoms with van der Waals surface area (Å²) in [6, 6.07) is 5.89. The molecule has 3 nitrogen and oxygen atoms in total. The maximum atomic E-state index is 6.21. The summed E-state index contributed by atoms with van der Waals surface area (Å²) in [5.41, 5.74) is 2.04. The van der Waals surface area contributed by atoms with E-state index >= 15 is 0 Å². The Morgan fingerprint density at radius 1 is 1.50 bits per heavy atom. The van der Waals surface area contributed by atoms with Gasteiger partial charge in [0, 0.05) is 19.5 Å². The zero-order valence-electron chi connectivity index (χ0n) is 9.20. The van der Waals surface area contributed by atoms with Crippen LogP contribution in [0.4, 0.5) is 0 Å². The van der Waals surface area contributed by atoms with Crippen LogP contribution in [0.2, 0.25) is 5.02 Å². The van der Waals surface area contributed by atoms with Crippen molar-refractivity contribution in [3.8, 4) is 0 Å². The number of para-hydroxylation sites is 1. The van der Waals surface area contributed by atoms with Gasteiger partial charge in [0.05, 0.1) is 16.1 Å². The van der Waals surface area contributed by atoms with E-state index in [9.17, 15) is 0 Å². The highest BCUT2D eigenvalue weighted by molar-refractivity contribution is 6.35. The van der Waals surface area contributed by atoms with Gasteiger partial charge in [-0.15, -0.1) is 0 Å². The van der Waals surface area contributed by atoms with E-state index < -0.39 is 0 Å². The summed E-state index contributed by atoms with van der Waals surface area (Å²) in [6.45, 7) is 2.11.